The molecular weight excluding hydrogens is 312 g/mol. The molecule has 0 saturated heterocycles. The molecule has 0 fully saturated rings. The summed E-state index contributed by atoms with van der Waals surface area (Å²) < 4.78 is 70.5. The van der Waals surface area contributed by atoms with E-state index in [1.165, 1.54) is 25.1 Å². The molecule has 0 aliphatic carbocycles. The van der Waals surface area contributed by atoms with Gasteiger partial charge in [-0.15, -0.1) is 0 Å². The van der Waals surface area contributed by atoms with Gasteiger partial charge in [0.15, 0.2) is 0 Å². The zero-order valence-corrected chi connectivity index (χ0v) is 12.5. The average molecular weight is 327 g/mol. The summed E-state index contributed by atoms with van der Waals surface area (Å²) in [4.78, 5) is -0.546. The molecular formula is C11H15F2NO4S2. The Hall–Kier alpha value is -1.22. The normalized spacial score (nSPS) is 14.2. The van der Waals surface area contributed by atoms with Gasteiger partial charge >= 0.3 is 5.76 Å². The van der Waals surface area contributed by atoms with Gasteiger partial charge in [-0.3, -0.25) is 0 Å². The number of rotatable bonds is 6. The van der Waals surface area contributed by atoms with Crippen LogP contribution in [0.3, 0.4) is 0 Å². The molecule has 9 heteroatoms. The molecule has 0 saturated carbocycles. The van der Waals surface area contributed by atoms with Gasteiger partial charge in [0.05, 0.1) is 16.3 Å². The first-order valence-electron chi connectivity index (χ1n) is 5.59. The Kier molecular flexibility index (Phi) is 5.09. The minimum atomic E-state index is -4.74. The molecule has 1 N–H and O–H groups in total. The fourth-order valence-corrected chi connectivity index (χ4v) is 3.58. The molecule has 1 rings (SSSR count). The third kappa shape index (κ3) is 4.41. The number of anilines is 1. The van der Waals surface area contributed by atoms with Crippen LogP contribution < -0.4 is 5.32 Å². The van der Waals surface area contributed by atoms with E-state index in [-0.39, 0.29) is 11.4 Å². The Bertz CT molecular complexity index is 671. The van der Waals surface area contributed by atoms with Gasteiger partial charge in [0.25, 0.3) is 0 Å². The molecule has 0 spiro atoms. The maximum absolute atomic E-state index is 12.6. The molecule has 0 amide bonds. The van der Waals surface area contributed by atoms with E-state index in [0.29, 0.717) is 0 Å². The van der Waals surface area contributed by atoms with Gasteiger partial charge in [-0.2, -0.15) is 8.78 Å². The lowest BCUT2D eigenvalue weighted by molar-refractivity contribution is 0.235. The summed E-state index contributed by atoms with van der Waals surface area (Å²) in [5.74, 6) is -3.77. The monoisotopic (exact) mass is 327 g/mol. The first kappa shape index (κ1) is 16.8. The first-order valence-corrected chi connectivity index (χ1v) is 9.20. The molecule has 20 heavy (non-hydrogen) atoms. The summed E-state index contributed by atoms with van der Waals surface area (Å²) in [6.07, 6.45) is 1.03. The lowest BCUT2D eigenvalue weighted by atomic mass is 10.3. The number of hydrogen-bond donors (Lipinski definition) is 1. The number of para-hydroxylation sites is 1. The van der Waals surface area contributed by atoms with Crippen molar-refractivity contribution in [1.29, 1.82) is 0 Å². The van der Waals surface area contributed by atoms with Crippen LogP contribution in [0.15, 0.2) is 29.2 Å². The van der Waals surface area contributed by atoms with Crippen molar-refractivity contribution in [2.75, 3.05) is 17.3 Å². The molecule has 0 aliphatic heterocycles. The summed E-state index contributed by atoms with van der Waals surface area (Å²) in [6, 6.07) is 4.55. The number of nitrogens with one attached hydrogen (secondary N) is 1. The molecule has 1 unspecified atom stereocenters. The number of sulfone groups is 2. The van der Waals surface area contributed by atoms with Crippen molar-refractivity contribution in [2.24, 2.45) is 0 Å². The van der Waals surface area contributed by atoms with Gasteiger partial charge in [0.1, 0.15) is 9.84 Å². The number of alkyl halides is 2. The Balaban J connectivity index is 3.10. The summed E-state index contributed by atoms with van der Waals surface area (Å²) in [6.45, 7) is 1.52. The Morgan fingerprint density at radius 1 is 1.15 bits per heavy atom. The van der Waals surface area contributed by atoms with Crippen LogP contribution in [0, 0.1) is 0 Å². The average Bonchev–Trinajstić information content (AvgIpc) is 2.26. The van der Waals surface area contributed by atoms with Crippen molar-refractivity contribution in [3.05, 3.63) is 24.3 Å². The van der Waals surface area contributed by atoms with Crippen LogP contribution in [-0.2, 0) is 19.7 Å². The number of halogens is 2. The Morgan fingerprint density at radius 2 is 1.70 bits per heavy atom. The predicted molar refractivity (Wildman–Crippen MR) is 72.4 cm³/mol. The van der Waals surface area contributed by atoms with Crippen molar-refractivity contribution in [2.45, 2.75) is 23.6 Å². The second-order valence-corrected chi connectivity index (χ2v) is 8.51. The molecule has 0 heterocycles. The number of hydrogen-bond acceptors (Lipinski definition) is 5. The quantitative estimate of drug-likeness (QED) is 0.857. The second kappa shape index (κ2) is 6.04. The van der Waals surface area contributed by atoms with Crippen LogP contribution in [0.4, 0.5) is 14.5 Å². The van der Waals surface area contributed by atoms with Crippen molar-refractivity contribution in [1.82, 2.24) is 0 Å². The highest BCUT2D eigenvalue weighted by Gasteiger charge is 2.29. The Labute approximate surface area is 116 Å². The van der Waals surface area contributed by atoms with E-state index >= 15 is 0 Å². The largest absolute Gasteiger partial charge is 0.381 e. The van der Waals surface area contributed by atoms with E-state index in [1.807, 2.05) is 0 Å². The van der Waals surface area contributed by atoms with E-state index in [0.717, 1.165) is 12.3 Å². The van der Waals surface area contributed by atoms with Gasteiger partial charge in [0.2, 0.25) is 9.84 Å². The molecule has 0 aromatic heterocycles. The Morgan fingerprint density at radius 3 is 2.20 bits per heavy atom. The standard InChI is InChI=1S/C11H15F2NO4S2/c1-8(7-19(2,15)16)14-9-5-3-4-6-10(9)20(17,18)11(12)13/h3-6,8,11,14H,7H2,1-2H3. The maximum atomic E-state index is 12.6. The van der Waals surface area contributed by atoms with E-state index in [2.05, 4.69) is 5.32 Å². The van der Waals surface area contributed by atoms with Gasteiger partial charge in [-0.25, -0.2) is 16.8 Å². The summed E-state index contributed by atoms with van der Waals surface area (Å²) >= 11 is 0. The molecule has 0 aliphatic rings. The third-order valence-corrected chi connectivity index (χ3v) is 4.93. The van der Waals surface area contributed by atoms with E-state index in [4.69, 9.17) is 0 Å². The lowest BCUT2D eigenvalue weighted by Crippen LogP contribution is -2.26. The second-order valence-electron chi connectivity index (χ2n) is 4.44. The highest BCUT2D eigenvalue weighted by Crippen LogP contribution is 2.26. The highest BCUT2D eigenvalue weighted by molar-refractivity contribution is 7.92. The molecule has 5 nitrogen and oxygen atoms in total. The van der Waals surface area contributed by atoms with Crippen LogP contribution in [0.1, 0.15) is 6.92 Å². The van der Waals surface area contributed by atoms with Gasteiger partial charge in [-0.1, -0.05) is 12.1 Å². The topological polar surface area (TPSA) is 80.3 Å². The van der Waals surface area contributed by atoms with Crippen molar-refractivity contribution in [3.63, 3.8) is 0 Å². The minimum Gasteiger partial charge on any atom is -0.381 e. The summed E-state index contributed by atoms with van der Waals surface area (Å²) in [5, 5.41) is 2.64. The van der Waals surface area contributed by atoms with Gasteiger partial charge < -0.3 is 5.32 Å². The van der Waals surface area contributed by atoms with Crippen LogP contribution in [-0.4, -0.2) is 40.6 Å². The van der Waals surface area contributed by atoms with Gasteiger partial charge in [-0.05, 0) is 19.1 Å². The predicted octanol–water partition coefficient (Wildman–Crippen LogP) is 1.53. The van der Waals surface area contributed by atoms with Crippen molar-refractivity contribution >= 4 is 25.4 Å². The smallest absolute Gasteiger partial charge is 0.341 e. The number of benzene rings is 1. The van der Waals surface area contributed by atoms with E-state index in [9.17, 15) is 25.6 Å². The highest BCUT2D eigenvalue weighted by atomic mass is 32.2. The molecule has 1 aromatic carbocycles. The van der Waals surface area contributed by atoms with Gasteiger partial charge in [0, 0.05) is 12.3 Å². The van der Waals surface area contributed by atoms with E-state index in [1.54, 1.807) is 0 Å². The molecule has 1 atom stereocenters. The first-order chi connectivity index (χ1) is 9.04. The SMILES string of the molecule is CC(CS(C)(=O)=O)Nc1ccccc1S(=O)(=O)C(F)F. The fraction of sp³-hybridized carbons (Fsp3) is 0.455. The van der Waals surface area contributed by atoms with Crippen molar-refractivity contribution < 1.29 is 25.6 Å². The lowest BCUT2D eigenvalue weighted by Gasteiger charge is -2.17. The third-order valence-electron chi connectivity index (χ3n) is 2.38. The van der Waals surface area contributed by atoms with Crippen LogP contribution >= 0.6 is 0 Å². The zero-order valence-electron chi connectivity index (χ0n) is 10.9. The van der Waals surface area contributed by atoms with Crippen LogP contribution in [0.25, 0.3) is 0 Å². The molecule has 1 aromatic rings. The zero-order chi connectivity index (χ0) is 15.6. The fourth-order valence-electron chi connectivity index (χ4n) is 1.69. The van der Waals surface area contributed by atoms with E-state index < -0.39 is 36.4 Å². The molecule has 114 valence electrons. The summed E-state index contributed by atoms with van der Waals surface area (Å²) in [7, 11) is -8.01. The molecule has 0 bridgehead atoms. The molecule has 0 radical (unpaired) electrons. The van der Waals surface area contributed by atoms with Crippen molar-refractivity contribution in [3.8, 4) is 0 Å². The maximum Gasteiger partial charge on any atom is 0.341 e. The minimum absolute atomic E-state index is 0.0380. The summed E-state index contributed by atoms with van der Waals surface area (Å²) in [5.41, 5.74) is -0.0380. The van der Waals surface area contributed by atoms with Crippen LogP contribution in [0.2, 0.25) is 0 Å². The van der Waals surface area contributed by atoms with Crippen LogP contribution in [0.5, 0.6) is 0 Å².